The van der Waals surface area contributed by atoms with Crippen molar-refractivity contribution < 1.29 is 14.7 Å². The van der Waals surface area contributed by atoms with Gasteiger partial charge in [-0.05, 0) is 55.0 Å². The number of aromatic hydroxyl groups is 1. The Morgan fingerprint density at radius 2 is 1.69 bits per heavy atom. The normalized spacial score (nSPS) is 11.1. The molecule has 0 aliphatic heterocycles. The van der Waals surface area contributed by atoms with Crippen molar-refractivity contribution in [2.75, 3.05) is 5.32 Å². The number of anilines is 1. The summed E-state index contributed by atoms with van der Waals surface area (Å²) in [7, 11) is 0. The molecule has 8 heteroatoms. The monoisotopic (exact) mass is 393 g/mol. The lowest BCUT2D eigenvalue weighted by Crippen LogP contribution is -2.21. The van der Waals surface area contributed by atoms with Gasteiger partial charge in [-0.1, -0.05) is 23.2 Å². The molecule has 2 aromatic rings. The van der Waals surface area contributed by atoms with Gasteiger partial charge in [-0.15, -0.1) is 0 Å². The molecule has 0 aromatic heterocycles. The first-order valence-electron chi connectivity index (χ1n) is 7.72. The van der Waals surface area contributed by atoms with Crippen molar-refractivity contribution in [1.29, 1.82) is 0 Å². The first kappa shape index (κ1) is 19.8. The summed E-state index contributed by atoms with van der Waals surface area (Å²) in [4.78, 5) is 23.7. The molecule has 0 heterocycles. The lowest BCUT2D eigenvalue weighted by molar-refractivity contribution is -0.124. The molecule has 3 N–H and O–H groups in total. The van der Waals surface area contributed by atoms with E-state index in [2.05, 4.69) is 15.8 Å². The Bertz CT molecular complexity index is 836. The highest BCUT2D eigenvalue weighted by Crippen LogP contribution is 2.25. The molecule has 0 fully saturated rings. The number of hydrogen-bond donors (Lipinski definition) is 3. The van der Waals surface area contributed by atoms with Crippen molar-refractivity contribution in [2.45, 2.75) is 19.8 Å². The number of nitrogens with zero attached hydrogens (tertiary/aromatic N) is 1. The highest BCUT2D eigenvalue weighted by molar-refractivity contribution is 6.36. The Morgan fingerprint density at radius 3 is 2.35 bits per heavy atom. The van der Waals surface area contributed by atoms with Crippen LogP contribution in [0.4, 0.5) is 5.69 Å². The van der Waals surface area contributed by atoms with Gasteiger partial charge in [-0.3, -0.25) is 9.59 Å². The van der Waals surface area contributed by atoms with Gasteiger partial charge >= 0.3 is 0 Å². The van der Waals surface area contributed by atoms with Crippen molar-refractivity contribution in [2.24, 2.45) is 5.10 Å². The number of benzene rings is 2. The maximum Gasteiger partial charge on any atom is 0.240 e. The van der Waals surface area contributed by atoms with Crippen LogP contribution < -0.4 is 10.7 Å². The summed E-state index contributed by atoms with van der Waals surface area (Å²) in [6.45, 7) is 1.72. The molecule has 0 spiro atoms. The highest BCUT2D eigenvalue weighted by Gasteiger charge is 2.09. The van der Waals surface area contributed by atoms with E-state index >= 15 is 0 Å². The standard InChI is InChI=1S/C18H17Cl2N3O3/c1-11(12-2-5-14(24)6-3-12)22-23-18(26)9-8-17(25)21-16-7-4-13(19)10-15(16)20/h2-7,10,24H,8-9H2,1H3,(H,21,25)(H,23,26). The van der Waals surface area contributed by atoms with Crippen LogP contribution in [0.5, 0.6) is 5.75 Å². The predicted molar refractivity (Wildman–Crippen MR) is 103 cm³/mol. The van der Waals surface area contributed by atoms with E-state index in [-0.39, 0.29) is 30.4 Å². The summed E-state index contributed by atoms with van der Waals surface area (Å²) in [6.07, 6.45) is -0.0397. The van der Waals surface area contributed by atoms with Gasteiger partial charge in [-0.25, -0.2) is 5.43 Å². The fourth-order valence-corrected chi connectivity index (χ4v) is 2.46. The number of amides is 2. The molecule has 0 aliphatic carbocycles. The van der Waals surface area contributed by atoms with Crippen LogP contribution in [0.15, 0.2) is 47.6 Å². The molecule has 6 nitrogen and oxygen atoms in total. The second-order valence-corrected chi connectivity index (χ2v) is 6.30. The number of phenols is 1. The molecule has 0 saturated carbocycles. The number of halogens is 2. The lowest BCUT2D eigenvalue weighted by atomic mass is 10.1. The van der Waals surface area contributed by atoms with Gasteiger partial charge < -0.3 is 10.4 Å². The molecule has 0 radical (unpaired) electrons. The molecular weight excluding hydrogens is 377 g/mol. The Morgan fingerprint density at radius 1 is 1.04 bits per heavy atom. The molecule has 0 aliphatic rings. The van der Waals surface area contributed by atoms with Gasteiger partial charge in [0.1, 0.15) is 5.75 Å². The molecular formula is C18H17Cl2N3O3. The van der Waals surface area contributed by atoms with E-state index in [0.29, 0.717) is 21.4 Å². The second kappa shape index (κ2) is 9.22. The third-order valence-electron chi connectivity index (χ3n) is 3.42. The Hall–Kier alpha value is -2.57. The van der Waals surface area contributed by atoms with E-state index in [1.165, 1.54) is 18.2 Å². The minimum absolute atomic E-state index is 0.0153. The van der Waals surface area contributed by atoms with Gasteiger partial charge in [0.2, 0.25) is 11.8 Å². The van der Waals surface area contributed by atoms with Gasteiger partial charge in [0.25, 0.3) is 0 Å². The summed E-state index contributed by atoms with van der Waals surface area (Å²) in [5.74, 6) is -0.582. The summed E-state index contributed by atoms with van der Waals surface area (Å²) in [6, 6.07) is 11.1. The number of rotatable bonds is 6. The zero-order chi connectivity index (χ0) is 19.1. The predicted octanol–water partition coefficient (Wildman–Crippen LogP) is 3.96. The van der Waals surface area contributed by atoms with Crippen LogP contribution >= 0.6 is 23.2 Å². The third-order valence-corrected chi connectivity index (χ3v) is 3.97. The van der Waals surface area contributed by atoms with Crippen LogP contribution in [0.2, 0.25) is 10.0 Å². The molecule has 26 heavy (non-hydrogen) atoms. The van der Waals surface area contributed by atoms with Crippen LogP contribution in [0, 0.1) is 0 Å². The number of phenolic OH excluding ortho intramolecular Hbond substituents is 1. The van der Waals surface area contributed by atoms with E-state index in [9.17, 15) is 14.7 Å². The van der Waals surface area contributed by atoms with E-state index < -0.39 is 0 Å². The zero-order valence-electron chi connectivity index (χ0n) is 13.9. The van der Waals surface area contributed by atoms with E-state index in [0.717, 1.165) is 5.56 Å². The van der Waals surface area contributed by atoms with E-state index in [4.69, 9.17) is 23.2 Å². The Kier molecular flexibility index (Phi) is 7.00. The summed E-state index contributed by atoms with van der Waals surface area (Å²) in [5.41, 5.74) is 4.17. The number of hydrogen-bond acceptors (Lipinski definition) is 4. The average Bonchev–Trinajstić information content (AvgIpc) is 2.61. The average molecular weight is 394 g/mol. The molecule has 0 atom stereocenters. The minimum Gasteiger partial charge on any atom is -0.508 e. The van der Waals surface area contributed by atoms with Crippen molar-refractivity contribution in [3.63, 3.8) is 0 Å². The van der Waals surface area contributed by atoms with Gasteiger partial charge in [-0.2, -0.15) is 5.10 Å². The quantitative estimate of drug-likeness (QED) is 0.512. The van der Waals surface area contributed by atoms with Crippen LogP contribution in [0.25, 0.3) is 0 Å². The van der Waals surface area contributed by atoms with Crippen molar-refractivity contribution in [3.8, 4) is 5.75 Å². The molecule has 2 rings (SSSR count). The number of hydrazone groups is 1. The van der Waals surface area contributed by atoms with Crippen LogP contribution in [-0.2, 0) is 9.59 Å². The van der Waals surface area contributed by atoms with Gasteiger partial charge in [0, 0.05) is 17.9 Å². The molecule has 2 amide bonds. The third kappa shape index (κ3) is 6.06. The SMILES string of the molecule is CC(=NNC(=O)CCC(=O)Nc1ccc(Cl)cc1Cl)c1ccc(O)cc1. The topological polar surface area (TPSA) is 90.8 Å². The van der Waals surface area contributed by atoms with Crippen molar-refractivity contribution in [1.82, 2.24) is 5.43 Å². The Labute approximate surface area is 160 Å². The number of carbonyl (C=O) groups is 2. The first-order valence-corrected chi connectivity index (χ1v) is 8.48. The smallest absolute Gasteiger partial charge is 0.240 e. The van der Waals surface area contributed by atoms with Crippen LogP contribution in [0.1, 0.15) is 25.3 Å². The molecule has 136 valence electrons. The van der Waals surface area contributed by atoms with E-state index in [1.54, 1.807) is 31.2 Å². The fourth-order valence-electron chi connectivity index (χ4n) is 2.00. The second-order valence-electron chi connectivity index (χ2n) is 5.45. The molecule has 0 unspecified atom stereocenters. The zero-order valence-corrected chi connectivity index (χ0v) is 15.4. The summed E-state index contributed by atoms with van der Waals surface area (Å²) >= 11 is 11.8. The van der Waals surface area contributed by atoms with Crippen molar-refractivity contribution in [3.05, 3.63) is 58.1 Å². The number of carbonyl (C=O) groups excluding carboxylic acids is 2. The molecule has 0 saturated heterocycles. The number of nitrogens with one attached hydrogen (secondary N) is 2. The minimum atomic E-state index is -0.388. The summed E-state index contributed by atoms with van der Waals surface area (Å²) in [5, 5.41) is 16.6. The fraction of sp³-hybridized carbons (Fsp3) is 0.167. The van der Waals surface area contributed by atoms with Crippen LogP contribution in [0.3, 0.4) is 0 Å². The maximum atomic E-state index is 11.9. The van der Waals surface area contributed by atoms with E-state index in [1.807, 2.05) is 0 Å². The highest BCUT2D eigenvalue weighted by atomic mass is 35.5. The summed E-state index contributed by atoms with van der Waals surface area (Å²) < 4.78 is 0. The lowest BCUT2D eigenvalue weighted by Gasteiger charge is -2.07. The van der Waals surface area contributed by atoms with Gasteiger partial charge in [0.05, 0.1) is 16.4 Å². The maximum absolute atomic E-state index is 11.9. The van der Waals surface area contributed by atoms with Crippen LogP contribution in [-0.4, -0.2) is 22.6 Å². The van der Waals surface area contributed by atoms with Gasteiger partial charge in [0.15, 0.2) is 0 Å². The Balaban J connectivity index is 1.81. The molecule has 0 bridgehead atoms. The largest absolute Gasteiger partial charge is 0.508 e. The van der Waals surface area contributed by atoms with Crippen molar-refractivity contribution >= 4 is 46.4 Å². The molecule has 2 aromatic carbocycles. The first-order chi connectivity index (χ1) is 12.3.